The zero-order valence-corrected chi connectivity index (χ0v) is 14.8. The summed E-state index contributed by atoms with van der Waals surface area (Å²) in [6.45, 7) is 2.76. The lowest BCUT2D eigenvalue weighted by molar-refractivity contribution is 0.190. The summed E-state index contributed by atoms with van der Waals surface area (Å²) in [6, 6.07) is 10.7. The first-order valence-corrected chi connectivity index (χ1v) is 9.24. The van der Waals surface area contributed by atoms with Crippen molar-refractivity contribution in [2.24, 2.45) is 0 Å². The van der Waals surface area contributed by atoms with Crippen LogP contribution < -0.4 is 5.32 Å². The topological polar surface area (TPSA) is 47.0 Å². The van der Waals surface area contributed by atoms with Crippen LogP contribution in [0.1, 0.15) is 31.5 Å². The Morgan fingerprint density at radius 3 is 2.75 bits per heavy atom. The van der Waals surface area contributed by atoms with E-state index in [1.54, 1.807) is 18.4 Å². The van der Waals surface area contributed by atoms with Crippen molar-refractivity contribution in [3.8, 4) is 11.1 Å². The Morgan fingerprint density at radius 1 is 1.25 bits per heavy atom. The fraction of sp³-hybridized carbons (Fsp3) is 0.368. The van der Waals surface area contributed by atoms with E-state index < -0.39 is 0 Å². The van der Waals surface area contributed by atoms with E-state index in [9.17, 15) is 0 Å². The average molecular weight is 339 g/mol. The van der Waals surface area contributed by atoms with Crippen LogP contribution in [0.25, 0.3) is 21.3 Å². The summed E-state index contributed by atoms with van der Waals surface area (Å²) in [5, 5.41) is 6.85. The van der Waals surface area contributed by atoms with Gasteiger partial charge in [-0.1, -0.05) is 30.3 Å². The molecule has 2 aromatic heterocycles. The highest BCUT2D eigenvalue weighted by Crippen LogP contribution is 2.42. The lowest BCUT2D eigenvalue weighted by Gasteiger charge is -2.16. The van der Waals surface area contributed by atoms with Gasteiger partial charge < -0.3 is 10.1 Å². The quantitative estimate of drug-likeness (QED) is 0.708. The molecule has 5 heteroatoms. The Morgan fingerprint density at radius 2 is 2.04 bits per heavy atom. The lowest BCUT2D eigenvalue weighted by Crippen LogP contribution is -2.22. The summed E-state index contributed by atoms with van der Waals surface area (Å²) in [4.78, 5) is 10.8. The first kappa shape index (κ1) is 15.5. The number of benzene rings is 1. The minimum Gasteiger partial charge on any atom is -0.383 e. The highest BCUT2D eigenvalue weighted by atomic mass is 32.1. The van der Waals surface area contributed by atoms with E-state index in [1.165, 1.54) is 24.0 Å². The molecule has 0 aliphatic heterocycles. The third-order valence-electron chi connectivity index (χ3n) is 4.28. The maximum absolute atomic E-state index is 5.27. The first-order chi connectivity index (χ1) is 11.8. The Balaban J connectivity index is 1.83. The van der Waals surface area contributed by atoms with Gasteiger partial charge in [0.15, 0.2) is 0 Å². The van der Waals surface area contributed by atoms with Crippen LogP contribution in [-0.4, -0.2) is 29.7 Å². The number of thiophene rings is 1. The number of aromatic nitrogens is 2. The number of anilines is 1. The van der Waals surface area contributed by atoms with Crippen molar-refractivity contribution < 1.29 is 4.74 Å². The monoisotopic (exact) mass is 339 g/mol. The van der Waals surface area contributed by atoms with E-state index in [0.717, 1.165) is 21.9 Å². The first-order valence-electron chi connectivity index (χ1n) is 8.36. The van der Waals surface area contributed by atoms with Crippen LogP contribution >= 0.6 is 11.3 Å². The number of hydrogen-bond donors (Lipinski definition) is 1. The summed E-state index contributed by atoms with van der Waals surface area (Å²) >= 11 is 1.70. The van der Waals surface area contributed by atoms with Crippen molar-refractivity contribution in [3.05, 3.63) is 41.5 Å². The van der Waals surface area contributed by atoms with E-state index >= 15 is 0 Å². The minimum atomic E-state index is 0.198. The van der Waals surface area contributed by atoms with Crippen molar-refractivity contribution in [2.75, 3.05) is 19.0 Å². The molecular weight excluding hydrogens is 318 g/mol. The van der Waals surface area contributed by atoms with Crippen molar-refractivity contribution in [1.29, 1.82) is 0 Å². The van der Waals surface area contributed by atoms with Gasteiger partial charge in [-0.05, 0) is 25.3 Å². The molecule has 0 saturated heterocycles. The average Bonchev–Trinajstić information content (AvgIpc) is 3.35. The van der Waals surface area contributed by atoms with Gasteiger partial charge >= 0.3 is 0 Å². The molecule has 0 unspecified atom stereocenters. The normalized spacial score (nSPS) is 15.6. The number of ether oxygens (including phenoxy) is 1. The fourth-order valence-electron chi connectivity index (χ4n) is 2.94. The molecule has 124 valence electrons. The van der Waals surface area contributed by atoms with E-state index in [4.69, 9.17) is 14.7 Å². The second-order valence-corrected chi connectivity index (χ2v) is 7.26. The molecule has 1 saturated carbocycles. The standard InChI is InChI=1S/C19H21N3OS/c1-12(10-23-2)20-18-16-15(13-6-4-3-5-7-13)11-24-19(16)22-17(21-18)14-8-9-14/h3-7,11-12,14H,8-10H2,1-2H3,(H,20,21,22)/t12-/m0/s1. The highest BCUT2D eigenvalue weighted by molar-refractivity contribution is 7.17. The molecule has 4 rings (SSSR count). The second kappa shape index (κ2) is 6.49. The number of rotatable bonds is 6. The maximum atomic E-state index is 5.27. The summed E-state index contributed by atoms with van der Waals surface area (Å²) < 4.78 is 5.27. The highest BCUT2D eigenvalue weighted by Gasteiger charge is 2.28. The van der Waals surface area contributed by atoms with Crippen molar-refractivity contribution in [3.63, 3.8) is 0 Å². The molecule has 24 heavy (non-hydrogen) atoms. The Labute approximate surface area is 145 Å². The van der Waals surface area contributed by atoms with E-state index in [2.05, 4.69) is 41.9 Å². The number of hydrogen-bond acceptors (Lipinski definition) is 5. The Bertz CT molecular complexity index is 842. The second-order valence-electron chi connectivity index (χ2n) is 6.40. The van der Waals surface area contributed by atoms with Crippen LogP contribution in [0, 0.1) is 0 Å². The molecule has 1 fully saturated rings. The summed E-state index contributed by atoms with van der Waals surface area (Å²) in [5.74, 6) is 2.46. The molecule has 2 heterocycles. The molecule has 1 aliphatic rings. The molecule has 1 N–H and O–H groups in total. The molecule has 0 bridgehead atoms. The van der Waals surface area contributed by atoms with Crippen LogP contribution in [0.15, 0.2) is 35.7 Å². The van der Waals surface area contributed by atoms with E-state index in [-0.39, 0.29) is 6.04 Å². The zero-order chi connectivity index (χ0) is 16.5. The van der Waals surface area contributed by atoms with Gasteiger partial charge in [0.25, 0.3) is 0 Å². The van der Waals surface area contributed by atoms with Gasteiger partial charge in [-0.15, -0.1) is 11.3 Å². The van der Waals surface area contributed by atoms with Crippen LogP contribution in [0.3, 0.4) is 0 Å². The predicted octanol–water partition coefficient (Wildman–Crippen LogP) is 4.68. The summed E-state index contributed by atoms with van der Waals surface area (Å²) in [5.41, 5.74) is 2.40. The molecule has 1 atom stereocenters. The molecule has 0 spiro atoms. The van der Waals surface area contributed by atoms with E-state index in [1.807, 2.05) is 6.07 Å². The summed E-state index contributed by atoms with van der Waals surface area (Å²) in [6.07, 6.45) is 2.41. The van der Waals surface area contributed by atoms with Crippen molar-refractivity contribution >= 4 is 27.4 Å². The Kier molecular flexibility index (Phi) is 4.21. The van der Waals surface area contributed by atoms with Gasteiger partial charge in [0.05, 0.1) is 12.0 Å². The van der Waals surface area contributed by atoms with Crippen molar-refractivity contribution in [2.45, 2.75) is 31.7 Å². The molecule has 1 aliphatic carbocycles. The molecule has 4 nitrogen and oxygen atoms in total. The molecule has 1 aromatic carbocycles. The number of nitrogens with zero attached hydrogens (tertiary/aromatic N) is 2. The Hall–Kier alpha value is -1.98. The van der Waals surface area contributed by atoms with Crippen LogP contribution in [-0.2, 0) is 4.74 Å². The van der Waals surface area contributed by atoms with Crippen molar-refractivity contribution in [1.82, 2.24) is 9.97 Å². The number of nitrogens with one attached hydrogen (secondary N) is 1. The summed E-state index contributed by atoms with van der Waals surface area (Å²) in [7, 11) is 1.73. The predicted molar refractivity (Wildman–Crippen MR) is 99.8 cm³/mol. The zero-order valence-electron chi connectivity index (χ0n) is 14.0. The number of fused-ring (bicyclic) bond motifs is 1. The van der Waals surface area contributed by atoms with Crippen LogP contribution in [0.2, 0.25) is 0 Å². The van der Waals surface area contributed by atoms with Gasteiger partial charge in [0.1, 0.15) is 16.5 Å². The van der Waals surface area contributed by atoms with Crippen LogP contribution in [0.4, 0.5) is 5.82 Å². The van der Waals surface area contributed by atoms with Gasteiger partial charge in [-0.2, -0.15) is 0 Å². The molecule has 0 radical (unpaired) electrons. The minimum absolute atomic E-state index is 0.198. The molecular formula is C19H21N3OS. The van der Waals surface area contributed by atoms with E-state index in [0.29, 0.717) is 12.5 Å². The molecule has 3 aromatic rings. The maximum Gasteiger partial charge on any atom is 0.139 e. The largest absolute Gasteiger partial charge is 0.383 e. The molecule has 0 amide bonds. The third kappa shape index (κ3) is 3.01. The SMILES string of the molecule is COC[C@H](C)Nc1nc(C2CC2)nc2scc(-c3ccccc3)c12. The van der Waals surface area contributed by atoms with Gasteiger partial charge in [-0.25, -0.2) is 9.97 Å². The van der Waals surface area contributed by atoms with Gasteiger partial charge in [0, 0.05) is 30.0 Å². The van der Waals surface area contributed by atoms with Gasteiger partial charge in [0.2, 0.25) is 0 Å². The van der Waals surface area contributed by atoms with Gasteiger partial charge in [-0.3, -0.25) is 0 Å². The van der Waals surface area contributed by atoms with Crippen LogP contribution in [0.5, 0.6) is 0 Å². The fourth-order valence-corrected chi connectivity index (χ4v) is 3.90. The smallest absolute Gasteiger partial charge is 0.139 e. The lowest BCUT2D eigenvalue weighted by atomic mass is 10.1. The number of methoxy groups -OCH3 is 1. The third-order valence-corrected chi connectivity index (χ3v) is 5.15.